The van der Waals surface area contributed by atoms with Gasteiger partial charge in [0.05, 0.1) is 0 Å². The topological polar surface area (TPSA) is 70.1 Å². The second kappa shape index (κ2) is 11.4. The molecular formula is C30H40F2N4O2. The third-order valence-electron chi connectivity index (χ3n) is 8.17. The van der Waals surface area contributed by atoms with Gasteiger partial charge in [-0.1, -0.05) is 18.2 Å². The fraction of sp³-hybridized carbons (Fsp3) is 0.533. The summed E-state index contributed by atoms with van der Waals surface area (Å²) in [4.78, 5) is 31.2. The van der Waals surface area contributed by atoms with Crippen LogP contribution in [0.3, 0.4) is 0 Å². The molecule has 0 unspecified atom stereocenters. The molecule has 0 radical (unpaired) electrons. The van der Waals surface area contributed by atoms with Crippen LogP contribution in [0.1, 0.15) is 72.9 Å². The predicted molar refractivity (Wildman–Crippen MR) is 150 cm³/mol. The number of ketones is 1. The summed E-state index contributed by atoms with van der Waals surface area (Å²) in [5.74, 6) is -2.20. The van der Waals surface area contributed by atoms with Crippen LogP contribution >= 0.6 is 0 Å². The number of carbonyl (C=O) groups excluding carboxylic acids is 1. The minimum Gasteiger partial charge on any atom is -0.388 e. The number of hydrogen-bond donors (Lipinski definition) is 2. The number of nitrogens with zero attached hydrogens (tertiary/aromatic N) is 2. The van der Waals surface area contributed by atoms with Crippen LogP contribution in [-0.2, 0) is 6.42 Å². The number of para-hydroxylation sites is 1. The lowest BCUT2D eigenvalue weighted by atomic mass is 9.89. The van der Waals surface area contributed by atoms with Crippen molar-refractivity contribution in [1.82, 2.24) is 14.5 Å². The quantitative estimate of drug-likeness (QED) is 0.312. The molecule has 206 valence electrons. The van der Waals surface area contributed by atoms with Gasteiger partial charge in [-0.2, -0.15) is 0 Å². The molecule has 1 aliphatic rings. The number of aromatic nitrogens is 2. The molecule has 2 aromatic heterocycles. The van der Waals surface area contributed by atoms with Crippen molar-refractivity contribution in [2.24, 2.45) is 5.92 Å². The molecule has 0 bridgehead atoms. The van der Waals surface area contributed by atoms with Crippen molar-refractivity contribution in [2.75, 3.05) is 32.0 Å². The molecule has 0 aliphatic carbocycles. The highest BCUT2D eigenvalue weighted by Gasteiger charge is 2.30. The van der Waals surface area contributed by atoms with Crippen LogP contribution in [0.5, 0.6) is 0 Å². The Morgan fingerprint density at radius 2 is 1.89 bits per heavy atom. The summed E-state index contributed by atoms with van der Waals surface area (Å²) in [6.07, 6.45) is 2.37. The van der Waals surface area contributed by atoms with Gasteiger partial charge in [0.1, 0.15) is 0 Å². The molecule has 1 atom stereocenters. The van der Waals surface area contributed by atoms with Gasteiger partial charge in [0.15, 0.2) is 5.78 Å². The van der Waals surface area contributed by atoms with Crippen LogP contribution in [0.4, 0.5) is 14.5 Å². The van der Waals surface area contributed by atoms with Crippen molar-refractivity contribution in [3.8, 4) is 0 Å². The number of piperidine rings is 1. The van der Waals surface area contributed by atoms with E-state index in [1.54, 1.807) is 7.05 Å². The lowest BCUT2D eigenvalue weighted by Crippen LogP contribution is -2.38. The number of likely N-dealkylation sites (tertiary alicyclic amines) is 1. The second-order valence-corrected chi connectivity index (χ2v) is 10.9. The van der Waals surface area contributed by atoms with Crippen LogP contribution < -0.4 is 10.9 Å². The maximum absolute atomic E-state index is 13.6. The highest BCUT2D eigenvalue weighted by atomic mass is 19.3. The van der Waals surface area contributed by atoms with Crippen molar-refractivity contribution in [3.63, 3.8) is 0 Å². The first-order valence-electron chi connectivity index (χ1n) is 13.6. The predicted octanol–water partition coefficient (Wildman–Crippen LogP) is 6.12. The number of Topliss-reactive ketones (excluding diaryl/α,β-unsaturated/α-hetero) is 1. The first-order chi connectivity index (χ1) is 18.0. The van der Waals surface area contributed by atoms with Crippen molar-refractivity contribution in [3.05, 3.63) is 63.2 Å². The van der Waals surface area contributed by atoms with Crippen LogP contribution in [0.2, 0.25) is 0 Å². The van der Waals surface area contributed by atoms with Crippen LogP contribution in [-0.4, -0.2) is 52.8 Å². The van der Waals surface area contributed by atoms with Gasteiger partial charge in [-0.25, -0.2) is 8.78 Å². The lowest BCUT2D eigenvalue weighted by Gasteiger charge is -2.36. The monoisotopic (exact) mass is 526 g/mol. The van der Waals surface area contributed by atoms with Gasteiger partial charge in [0, 0.05) is 71.6 Å². The average Bonchev–Trinajstić information content (AvgIpc) is 3.17. The highest BCUT2D eigenvalue weighted by Crippen LogP contribution is 2.36. The van der Waals surface area contributed by atoms with Gasteiger partial charge in [-0.05, 0) is 78.1 Å². The molecule has 1 saturated heterocycles. The van der Waals surface area contributed by atoms with E-state index in [0.717, 1.165) is 66.4 Å². The summed E-state index contributed by atoms with van der Waals surface area (Å²) in [6, 6.07) is 10.1. The summed E-state index contributed by atoms with van der Waals surface area (Å²) >= 11 is 0. The van der Waals surface area contributed by atoms with E-state index >= 15 is 0 Å². The first kappa shape index (κ1) is 28.0. The number of H-pyrrole nitrogens is 1. The maximum atomic E-state index is 13.6. The summed E-state index contributed by atoms with van der Waals surface area (Å²) in [5, 5.41) is 4.02. The summed E-state index contributed by atoms with van der Waals surface area (Å²) in [5.41, 5.74) is 4.67. The number of benzene rings is 1. The average molecular weight is 527 g/mol. The number of hydrogen-bond acceptors (Lipinski definition) is 4. The number of fused-ring (bicyclic) bond motifs is 1. The Bertz CT molecular complexity index is 1350. The SMILES string of the molecule is CNc1cc(C)[nH]c(=O)c1CCC(=O)c1c(C)n([C@H](C)C2CCN(CCC(C)(F)F)CC2)c2ccccc12. The first-order valence-corrected chi connectivity index (χ1v) is 13.6. The number of alkyl halides is 2. The maximum Gasteiger partial charge on any atom is 0.253 e. The molecule has 4 rings (SSSR count). The van der Waals surface area contributed by atoms with E-state index in [9.17, 15) is 18.4 Å². The Balaban J connectivity index is 1.54. The third-order valence-corrected chi connectivity index (χ3v) is 8.17. The van der Waals surface area contributed by atoms with Crippen molar-refractivity contribution in [2.45, 2.75) is 71.8 Å². The number of anilines is 1. The number of rotatable bonds is 10. The smallest absolute Gasteiger partial charge is 0.253 e. The second-order valence-electron chi connectivity index (χ2n) is 10.9. The van der Waals surface area contributed by atoms with E-state index < -0.39 is 5.92 Å². The largest absolute Gasteiger partial charge is 0.388 e. The Morgan fingerprint density at radius 1 is 1.21 bits per heavy atom. The summed E-state index contributed by atoms with van der Waals surface area (Å²) < 4.78 is 28.9. The van der Waals surface area contributed by atoms with Gasteiger partial charge >= 0.3 is 0 Å². The zero-order valence-electron chi connectivity index (χ0n) is 23.2. The summed E-state index contributed by atoms with van der Waals surface area (Å²) in [6.45, 7) is 9.10. The molecule has 8 heteroatoms. The molecule has 6 nitrogen and oxygen atoms in total. The number of nitrogens with one attached hydrogen (secondary N) is 2. The number of carbonyl (C=O) groups is 1. The van der Waals surface area contributed by atoms with Crippen LogP contribution in [0, 0.1) is 19.8 Å². The fourth-order valence-corrected chi connectivity index (χ4v) is 6.04. The van der Waals surface area contributed by atoms with Crippen molar-refractivity contribution in [1.29, 1.82) is 0 Å². The zero-order chi connectivity index (χ0) is 27.6. The fourth-order valence-electron chi connectivity index (χ4n) is 6.04. The molecule has 2 N–H and O–H groups in total. The van der Waals surface area contributed by atoms with Gasteiger partial charge in [-0.3, -0.25) is 9.59 Å². The molecule has 3 heterocycles. The minimum absolute atomic E-state index is 0.0296. The van der Waals surface area contributed by atoms with Gasteiger partial charge < -0.3 is 19.8 Å². The molecule has 1 fully saturated rings. The zero-order valence-corrected chi connectivity index (χ0v) is 23.2. The Kier molecular flexibility index (Phi) is 8.40. The number of aryl methyl sites for hydroxylation is 1. The Hall–Kier alpha value is -3.00. The van der Waals surface area contributed by atoms with E-state index in [4.69, 9.17) is 0 Å². The van der Waals surface area contributed by atoms with E-state index in [0.29, 0.717) is 24.4 Å². The molecule has 1 aromatic carbocycles. The normalized spacial score (nSPS) is 16.2. The van der Waals surface area contributed by atoms with E-state index in [2.05, 4.69) is 32.8 Å². The highest BCUT2D eigenvalue weighted by molar-refractivity contribution is 6.09. The molecular weight excluding hydrogens is 486 g/mol. The Labute approximate surface area is 223 Å². The third kappa shape index (κ3) is 6.01. The molecule has 3 aromatic rings. The van der Waals surface area contributed by atoms with E-state index in [1.807, 2.05) is 38.1 Å². The lowest BCUT2D eigenvalue weighted by molar-refractivity contribution is -0.000529. The molecule has 0 amide bonds. The molecule has 38 heavy (non-hydrogen) atoms. The van der Waals surface area contributed by atoms with Crippen LogP contribution in [0.15, 0.2) is 35.1 Å². The molecule has 0 spiro atoms. The molecule has 0 saturated carbocycles. The minimum atomic E-state index is -2.63. The van der Waals surface area contributed by atoms with E-state index in [1.165, 1.54) is 0 Å². The van der Waals surface area contributed by atoms with Gasteiger partial charge in [0.2, 0.25) is 5.92 Å². The number of pyridine rings is 1. The Morgan fingerprint density at radius 3 is 2.55 bits per heavy atom. The number of aromatic amines is 1. The standard InChI is InChI=1S/C30H40F2N4O2/c1-19-18-25(33-5)23(29(38)34-19)10-11-27(37)28-21(3)36(26-9-7-6-8-24(26)28)20(2)22-12-15-35(16-13-22)17-14-30(4,31)32/h6-9,18,20,22H,10-17H2,1-5H3,(H2,33,34,38)/t20-/m1/s1. The summed E-state index contributed by atoms with van der Waals surface area (Å²) in [7, 11) is 1.78. The molecule has 1 aliphatic heterocycles. The van der Waals surface area contributed by atoms with Crippen LogP contribution in [0.25, 0.3) is 10.9 Å². The van der Waals surface area contributed by atoms with E-state index in [-0.39, 0.29) is 30.2 Å². The van der Waals surface area contributed by atoms with Crippen molar-refractivity contribution >= 4 is 22.4 Å². The van der Waals surface area contributed by atoms with Gasteiger partial charge in [-0.15, -0.1) is 0 Å². The number of halogens is 2. The van der Waals surface area contributed by atoms with Crippen molar-refractivity contribution < 1.29 is 13.6 Å². The van der Waals surface area contributed by atoms with Gasteiger partial charge in [0.25, 0.3) is 5.56 Å².